The maximum atomic E-state index is 12.9. The van der Waals surface area contributed by atoms with Gasteiger partial charge in [0.2, 0.25) is 11.8 Å². The maximum absolute atomic E-state index is 12.9. The Balaban J connectivity index is 1.86. The third-order valence-electron chi connectivity index (χ3n) is 4.99. The molecule has 1 N–H and O–H groups in total. The van der Waals surface area contributed by atoms with Gasteiger partial charge in [-0.15, -0.1) is 0 Å². The molecule has 0 spiro atoms. The second-order valence-electron chi connectivity index (χ2n) is 6.09. The average Bonchev–Trinajstić information content (AvgIpc) is 2.52. The fourth-order valence-corrected chi connectivity index (χ4v) is 3.81. The van der Waals surface area contributed by atoms with Crippen LogP contribution in [0.1, 0.15) is 38.5 Å². The number of carbonyl (C=O) groups is 2. The van der Waals surface area contributed by atoms with Gasteiger partial charge in [-0.2, -0.15) is 0 Å². The van der Waals surface area contributed by atoms with Crippen molar-refractivity contribution in [1.29, 1.82) is 0 Å². The molecule has 1 aliphatic heterocycles. The molecule has 0 aromatic carbocycles. The molecule has 2 heterocycles. The smallest absolute Gasteiger partial charge is 0.233 e. The fourth-order valence-electron chi connectivity index (χ4n) is 3.81. The molecular formula is C16H21N3O2. The van der Waals surface area contributed by atoms with Gasteiger partial charge in [-0.25, -0.2) is 4.98 Å². The zero-order chi connectivity index (χ0) is 14.9. The van der Waals surface area contributed by atoms with Crippen molar-refractivity contribution in [3.05, 3.63) is 24.4 Å². The lowest BCUT2D eigenvalue weighted by Crippen LogP contribution is -2.59. The first-order chi connectivity index (χ1) is 10.1. The lowest BCUT2D eigenvalue weighted by molar-refractivity contribution is -0.150. The second kappa shape index (κ2) is 5.47. The minimum Gasteiger partial charge on any atom is -0.342 e. The van der Waals surface area contributed by atoms with Gasteiger partial charge in [0, 0.05) is 25.7 Å². The van der Waals surface area contributed by atoms with E-state index in [0.29, 0.717) is 18.7 Å². The van der Waals surface area contributed by atoms with Crippen molar-refractivity contribution in [2.24, 2.45) is 5.41 Å². The van der Waals surface area contributed by atoms with Gasteiger partial charge in [-0.05, 0) is 31.4 Å². The number of nitrogens with zero attached hydrogens (tertiary/aromatic N) is 2. The Morgan fingerprint density at radius 1 is 1.38 bits per heavy atom. The Morgan fingerprint density at radius 2 is 2.24 bits per heavy atom. The first kappa shape index (κ1) is 14.0. The van der Waals surface area contributed by atoms with E-state index in [4.69, 9.17) is 0 Å². The van der Waals surface area contributed by atoms with Crippen LogP contribution in [0, 0.1) is 5.41 Å². The predicted molar refractivity (Wildman–Crippen MR) is 79.6 cm³/mol. The summed E-state index contributed by atoms with van der Waals surface area (Å²) in [5.41, 5.74) is -0.446. The van der Waals surface area contributed by atoms with Crippen molar-refractivity contribution in [2.45, 2.75) is 44.6 Å². The molecule has 2 aliphatic rings. The normalized spacial score (nSPS) is 28.9. The van der Waals surface area contributed by atoms with E-state index in [9.17, 15) is 9.59 Å². The van der Waals surface area contributed by atoms with Gasteiger partial charge in [-0.1, -0.05) is 18.9 Å². The molecule has 5 heteroatoms. The van der Waals surface area contributed by atoms with Gasteiger partial charge >= 0.3 is 0 Å². The Kier molecular flexibility index (Phi) is 3.66. The number of nitrogens with one attached hydrogen (secondary N) is 1. The van der Waals surface area contributed by atoms with E-state index in [0.717, 1.165) is 25.7 Å². The van der Waals surface area contributed by atoms with Crippen molar-refractivity contribution in [1.82, 2.24) is 9.88 Å². The van der Waals surface area contributed by atoms with Crippen LogP contribution < -0.4 is 5.32 Å². The molecule has 1 aliphatic carbocycles. The lowest BCUT2D eigenvalue weighted by Gasteiger charge is -2.50. The van der Waals surface area contributed by atoms with E-state index in [1.165, 1.54) is 0 Å². The van der Waals surface area contributed by atoms with Gasteiger partial charge in [0.25, 0.3) is 0 Å². The predicted octanol–water partition coefficient (Wildman–Crippen LogP) is 2.20. The van der Waals surface area contributed by atoms with E-state index in [1.807, 2.05) is 19.2 Å². The van der Waals surface area contributed by atoms with Crippen molar-refractivity contribution >= 4 is 17.6 Å². The minimum absolute atomic E-state index is 0.0188. The molecule has 0 radical (unpaired) electrons. The van der Waals surface area contributed by atoms with E-state index in [-0.39, 0.29) is 17.9 Å². The topological polar surface area (TPSA) is 62.3 Å². The van der Waals surface area contributed by atoms with Crippen LogP contribution in [0.4, 0.5) is 5.82 Å². The molecule has 1 saturated heterocycles. The summed E-state index contributed by atoms with van der Waals surface area (Å²) in [7, 11) is 1.83. The number of likely N-dealkylation sites (tertiary alicyclic amines) is 1. The summed E-state index contributed by atoms with van der Waals surface area (Å²) in [6.45, 7) is 0. The summed E-state index contributed by atoms with van der Waals surface area (Å²) in [4.78, 5) is 30.8. The Hall–Kier alpha value is -1.91. The quantitative estimate of drug-likeness (QED) is 0.907. The largest absolute Gasteiger partial charge is 0.342 e. The van der Waals surface area contributed by atoms with Gasteiger partial charge in [0.1, 0.15) is 5.82 Å². The number of piperidine rings is 1. The summed E-state index contributed by atoms with van der Waals surface area (Å²) in [6.07, 6.45) is 6.69. The van der Waals surface area contributed by atoms with Crippen LogP contribution in [0.25, 0.3) is 0 Å². The summed E-state index contributed by atoms with van der Waals surface area (Å²) < 4.78 is 0. The summed E-state index contributed by atoms with van der Waals surface area (Å²) in [6, 6.07) is 5.50. The number of hydrogen-bond acceptors (Lipinski definition) is 3. The standard InChI is InChI=1S/C16H21N3O2/c1-19-12-6-2-4-9-16(12,10-8-14(19)20)15(21)18-13-7-3-5-11-17-13/h3,5,7,11-12H,2,4,6,8-10H2,1H3,(H,17,18,21)/t12-,16-/m1/s1. The molecule has 1 aromatic heterocycles. The first-order valence-electron chi connectivity index (χ1n) is 7.62. The molecule has 0 unspecified atom stereocenters. The van der Waals surface area contributed by atoms with Crippen molar-refractivity contribution < 1.29 is 9.59 Å². The molecule has 2 atom stereocenters. The van der Waals surface area contributed by atoms with Gasteiger partial charge in [-0.3, -0.25) is 9.59 Å². The molecule has 3 rings (SSSR count). The number of amides is 2. The number of aromatic nitrogens is 1. The molecule has 1 aromatic rings. The summed E-state index contributed by atoms with van der Waals surface area (Å²) in [5.74, 6) is 0.758. The highest BCUT2D eigenvalue weighted by molar-refractivity contribution is 5.96. The number of carbonyl (C=O) groups excluding carboxylic acids is 2. The maximum Gasteiger partial charge on any atom is 0.233 e. The number of anilines is 1. The van der Waals surface area contributed by atoms with Crippen molar-refractivity contribution in [2.75, 3.05) is 12.4 Å². The van der Waals surface area contributed by atoms with Crippen LogP contribution in [0.15, 0.2) is 24.4 Å². The first-order valence-corrected chi connectivity index (χ1v) is 7.62. The van der Waals surface area contributed by atoms with Crippen LogP contribution in [-0.2, 0) is 9.59 Å². The Labute approximate surface area is 124 Å². The second-order valence-corrected chi connectivity index (χ2v) is 6.09. The molecule has 112 valence electrons. The summed E-state index contributed by atoms with van der Waals surface area (Å²) in [5, 5.41) is 2.95. The molecule has 21 heavy (non-hydrogen) atoms. The highest BCUT2D eigenvalue weighted by atomic mass is 16.2. The van der Waals surface area contributed by atoms with Gasteiger partial charge < -0.3 is 10.2 Å². The number of rotatable bonds is 2. The van der Waals surface area contributed by atoms with Crippen LogP contribution in [-0.4, -0.2) is 34.8 Å². The number of pyridine rings is 1. The Morgan fingerprint density at radius 3 is 3.00 bits per heavy atom. The zero-order valence-electron chi connectivity index (χ0n) is 12.3. The van der Waals surface area contributed by atoms with Gasteiger partial charge in [0.15, 0.2) is 0 Å². The van der Waals surface area contributed by atoms with Crippen molar-refractivity contribution in [3.8, 4) is 0 Å². The molecule has 5 nitrogen and oxygen atoms in total. The summed E-state index contributed by atoms with van der Waals surface area (Å²) >= 11 is 0. The molecule has 2 amide bonds. The highest BCUT2D eigenvalue weighted by Gasteiger charge is 2.52. The Bertz CT molecular complexity index is 546. The number of fused-ring (bicyclic) bond motifs is 1. The monoisotopic (exact) mass is 287 g/mol. The average molecular weight is 287 g/mol. The van der Waals surface area contributed by atoms with Crippen LogP contribution in [0.3, 0.4) is 0 Å². The molecule has 1 saturated carbocycles. The SMILES string of the molecule is CN1C(=O)CC[C@]2(C(=O)Nc3ccccn3)CCCC[C@@H]12. The van der Waals surface area contributed by atoms with Crippen LogP contribution in [0.5, 0.6) is 0 Å². The third kappa shape index (κ3) is 2.41. The molecule has 0 bridgehead atoms. The van der Waals surface area contributed by atoms with E-state index in [1.54, 1.807) is 17.2 Å². The lowest BCUT2D eigenvalue weighted by atomic mass is 9.64. The van der Waals surface area contributed by atoms with E-state index in [2.05, 4.69) is 10.3 Å². The fraction of sp³-hybridized carbons (Fsp3) is 0.562. The van der Waals surface area contributed by atoms with Gasteiger partial charge in [0.05, 0.1) is 5.41 Å². The van der Waals surface area contributed by atoms with Crippen LogP contribution >= 0.6 is 0 Å². The number of hydrogen-bond donors (Lipinski definition) is 1. The minimum atomic E-state index is -0.446. The van der Waals surface area contributed by atoms with E-state index < -0.39 is 5.41 Å². The zero-order valence-corrected chi connectivity index (χ0v) is 12.3. The molecule has 2 fully saturated rings. The molecular weight excluding hydrogens is 266 g/mol. The third-order valence-corrected chi connectivity index (χ3v) is 4.99. The highest BCUT2D eigenvalue weighted by Crippen LogP contribution is 2.46. The van der Waals surface area contributed by atoms with E-state index >= 15 is 0 Å². The van der Waals surface area contributed by atoms with Crippen LogP contribution in [0.2, 0.25) is 0 Å². The van der Waals surface area contributed by atoms with Crippen molar-refractivity contribution in [3.63, 3.8) is 0 Å².